The van der Waals surface area contributed by atoms with Gasteiger partial charge in [-0.05, 0) is 43.2 Å². The number of hydrogen-bond acceptors (Lipinski definition) is 6. The summed E-state index contributed by atoms with van der Waals surface area (Å²) in [5.41, 5.74) is 6.74. The van der Waals surface area contributed by atoms with E-state index in [0.717, 1.165) is 37.0 Å². The van der Waals surface area contributed by atoms with Crippen molar-refractivity contribution in [1.29, 1.82) is 0 Å². The molecule has 1 aliphatic carbocycles. The molecule has 0 radical (unpaired) electrons. The molecule has 0 bridgehead atoms. The van der Waals surface area contributed by atoms with Crippen LogP contribution in [0.3, 0.4) is 0 Å². The van der Waals surface area contributed by atoms with E-state index in [-0.39, 0.29) is 0 Å². The van der Waals surface area contributed by atoms with E-state index >= 15 is 0 Å². The van der Waals surface area contributed by atoms with Crippen LogP contribution in [0.2, 0.25) is 0 Å². The van der Waals surface area contributed by atoms with E-state index in [9.17, 15) is 0 Å². The van der Waals surface area contributed by atoms with Gasteiger partial charge in [0.25, 0.3) is 5.89 Å². The lowest BCUT2D eigenvalue weighted by Gasteiger charge is -2.17. The summed E-state index contributed by atoms with van der Waals surface area (Å²) in [5.74, 6) is 2.47. The Morgan fingerprint density at radius 2 is 1.83 bits per heavy atom. The number of nitrogens with zero attached hydrogens (tertiary/aromatic N) is 3. The van der Waals surface area contributed by atoms with Gasteiger partial charge in [-0.25, -0.2) is 0 Å². The molecule has 2 heterocycles. The average Bonchev–Trinajstić information content (AvgIpc) is 3.26. The maximum absolute atomic E-state index is 6.39. The summed E-state index contributed by atoms with van der Waals surface area (Å²) < 4.78 is 11.2. The standard InChI is InChI=1S/C18H18N4O2/c19-18(8-1-2-9-18)17-21-16(24-22-17)13-4-3-5-15(12-13)23-14-6-10-20-11-7-14/h3-7,10-12H,1-2,8-9,19H2. The van der Waals surface area contributed by atoms with Crippen LogP contribution in [0.1, 0.15) is 31.5 Å². The highest BCUT2D eigenvalue weighted by atomic mass is 16.5. The van der Waals surface area contributed by atoms with Crippen LogP contribution in [-0.2, 0) is 5.54 Å². The molecule has 122 valence electrons. The molecule has 1 saturated carbocycles. The van der Waals surface area contributed by atoms with Crippen LogP contribution < -0.4 is 10.5 Å². The number of hydrogen-bond donors (Lipinski definition) is 1. The van der Waals surface area contributed by atoms with Gasteiger partial charge in [-0.1, -0.05) is 24.1 Å². The molecule has 0 amide bonds. The molecule has 1 aromatic carbocycles. The lowest BCUT2D eigenvalue weighted by Crippen LogP contribution is -2.34. The molecule has 0 unspecified atom stereocenters. The summed E-state index contributed by atoms with van der Waals surface area (Å²) in [6, 6.07) is 11.2. The third kappa shape index (κ3) is 2.88. The van der Waals surface area contributed by atoms with Gasteiger partial charge < -0.3 is 15.0 Å². The molecule has 4 rings (SSSR count). The quantitative estimate of drug-likeness (QED) is 0.789. The van der Waals surface area contributed by atoms with Gasteiger partial charge in [0.1, 0.15) is 11.5 Å². The maximum atomic E-state index is 6.39. The molecule has 6 nitrogen and oxygen atoms in total. The molecule has 2 aromatic heterocycles. The van der Waals surface area contributed by atoms with Crippen molar-refractivity contribution < 1.29 is 9.26 Å². The van der Waals surface area contributed by atoms with Gasteiger partial charge >= 0.3 is 0 Å². The predicted molar refractivity (Wildman–Crippen MR) is 88.4 cm³/mol. The fourth-order valence-corrected chi connectivity index (χ4v) is 3.01. The van der Waals surface area contributed by atoms with Gasteiger partial charge in [-0.3, -0.25) is 4.98 Å². The Morgan fingerprint density at radius 3 is 2.62 bits per heavy atom. The first-order valence-corrected chi connectivity index (χ1v) is 8.04. The minimum absolute atomic E-state index is 0.451. The molecule has 3 aromatic rings. The summed E-state index contributed by atoms with van der Waals surface area (Å²) in [6.07, 6.45) is 7.39. The maximum Gasteiger partial charge on any atom is 0.258 e. The lowest BCUT2D eigenvalue weighted by atomic mass is 9.99. The van der Waals surface area contributed by atoms with Gasteiger partial charge in [0.2, 0.25) is 0 Å². The second kappa shape index (κ2) is 6.05. The van der Waals surface area contributed by atoms with Crippen molar-refractivity contribution in [3.63, 3.8) is 0 Å². The van der Waals surface area contributed by atoms with Crippen LogP contribution in [0, 0.1) is 0 Å². The molecule has 0 saturated heterocycles. The molecule has 24 heavy (non-hydrogen) atoms. The molecule has 0 aliphatic heterocycles. The summed E-state index contributed by atoms with van der Waals surface area (Å²) in [5, 5.41) is 4.10. The second-order valence-electron chi connectivity index (χ2n) is 6.10. The summed E-state index contributed by atoms with van der Waals surface area (Å²) in [4.78, 5) is 8.49. The van der Waals surface area contributed by atoms with Crippen LogP contribution in [0.5, 0.6) is 11.5 Å². The molecule has 1 fully saturated rings. The molecule has 2 N–H and O–H groups in total. The van der Waals surface area contributed by atoms with Crippen molar-refractivity contribution in [2.45, 2.75) is 31.2 Å². The Hall–Kier alpha value is -2.73. The van der Waals surface area contributed by atoms with Crippen molar-refractivity contribution in [1.82, 2.24) is 15.1 Å². The summed E-state index contributed by atoms with van der Waals surface area (Å²) >= 11 is 0. The molecular formula is C18H18N4O2. The number of ether oxygens (including phenoxy) is 1. The molecule has 0 spiro atoms. The Kier molecular flexibility index (Phi) is 3.74. The zero-order chi connectivity index (χ0) is 16.4. The SMILES string of the molecule is NC1(c2noc(-c3cccc(Oc4ccncc4)c3)n2)CCCC1. The Morgan fingerprint density at radius 1 is 1.04 bits per heavy atom. The van der Waals surface area contributed by atoms with Crippen LogP contribution in [0.15, 0.2) is 53.3 Å². The molecule has 0 atom stereocenters. The van der Waals surface area contributed by atoms with E-state index < -0.39 is 5.54 Å². The topological polar surface area (TPSA) is 87.1 Å². The average molecular weight is 322 g/mol. The highest BCUT2D eigenvalue weighted by Gasteiger charge is 2.36. The number of aromatic nitrogens is 3. The highest BCUT2D eigenvalue weighted by Crippen LogP contribution is 2.35. The van der Waals surface area contributed by atoms with Gasteiger partial charge in [0.15, 0.2) is 5.82 Å². The second-order valence-corrected chi connectivity index (χ2v) is 6.10. The number of benzene rings is 1. The van der Waals surface area contributed by atoms with Crippen molar-refractivity contribution in [3.05, 3.63) is 54.6 Å². The number of pyridine rings is 1. The highest BCUT2D eigenvalue weighted by molar-refractivity contribution is 5.56. The third-order valence-electron chi connectivity index (χ3n) is 4.33. The first-order valence-electron chi connectivity index (χ1n) is 8.04. The van der Waals surface area contributed by atoms with Gasteiger partial charge in [0, 0.05) is 18.0 Å². The van der Waals surface area contributed by atoms with Crippen LogP contribution in [-0.4, -0.2) is 15.1 Å². The van der Waals surface area contributed by atoms with Crippen molar-refractivity contribution in [3.8, 4) is 23.0 Å². The minimum atomic E-state index is -0.451. The van der Waals surface area contributed by atoms with E-state index in [4.69, 9.17) is 15.0 Å². The van der Waals surface area contributed by atoms with Crippen molar-refractivity contribution in [2.24, 2.45) is 5.73 Å². The molecular weight excluding hydrogens is 304 g/mol. The smallest absolute Gasteiger partial charge is 0.258 e. The zero-order valence-corrected chi connectivity index (χ0v) is 13.2. The van der Waals surface area contributed by atoms with Crippen LogP contribution in [0.25, 0.3) is 11.5 Å². The number of nitrogens with two attached hydrogens (primary N) is 1. The largest absolute Gasteiger partial charge is 0.457 e. The summed E-state index contributed by atoms with van der Waals surface area (Å²) in [6.45, 7) is 0. The van der Waals surface area contributed by atoms with E-state index in [1.807, 2.05) is 24.3 Å². The van der Waals surface area contributed by atoms with E-state index in [1.165, 1.54) is 0 Å². The third-order valence-corrected chi connectivity index (χ3v) is 4.33. The van der Waals surface area contributed by atoms with E-state index in [0.29, 0.717) is 17.5 Å². The number of rotatable bonds is 4. The predicted octanol–water partition coefficient (Wildman–Crippen LogP) is 3.65. The van der Waals surface area contributed by atoms with E-state index in [2.05, 4.69) is 15.1 Å². The lowest BCUT2D eigenvalue weighted by molar-refractivity contribution is 0.372. The van der Waals surface area contributed by atoms with Crippen LogP contribution >= 0.6 is 0 Å². The Balaban J connectivity index is 1.59. The van der Waals surface area contributed by atoms with E-state index in [1.54, 1.807) is 24.5 Å². The Bertz CT molecular complexity index is 826. The van der Waals surface area contributed by atoms with Gasteiger partial charge in [0.05, 0.1) is 5.54 Å². The van der Waals surface area contributed by atoms with Gasteiger partial charge in [-0.2, -0.15) is 4.98 Å². The van der Waals surface area contributed by atoms with Crippen molar-refractivity contribution in [2.75, 3.05) is 0 Å². The Labute approximate surface area is 139 Å². The summed E-state index contributed by atoms with van der Waals surface area (Å²) in [7, 11) is 0. The first kappa shape index (κ1) is 14.8. The zero-order valence-electron chi connectivity index (χ0n) is 13.2. The first-order chi connectivity index (χ1) is 11.7. The van der Waals surface area contributed by atoms with Gasteiger partial charge in [-0.15, -0.1) is 0 Å². The minimum Gasteiger partial charge on any atom is -0.457 e. The van der Waals surface area contributed by atoms with Crippen molar-refractivity contribution >= 4 is 0 Å². The normalized spacial score (nSPS) is 16.2. The molecule has 1 aliphatic rings. The van der Waals surface area contributed by atoms with Crippen LogP contribution in [0.4, 0.5) is 0 Å². The molecule has 6 heteroatoms. The fourth-order valence-electron chi connectivity index (χ4n) is 3.01. The fraction of sp³-hybridized carbons (Fsp3) is 0.278. The monoisotopic (exact) mass is 322 g/mol.